The maximum atomic E-state index is 13.4. The van der Waals surface area contributed by atoms with E-state index in [-0.39, 0.29) is 18.3 Å². The van der Waals surface area contributed by atoms with Crippen molar-refractivity contribution in [2.45, 2.75) is 25.9 Å². The van der Waals surface area contributed by atoms with Gasteiger partial charge in [0.05, 0.1) is 11.7 Å². The van der Waals surface area contributed by atoms with Crippen LogP contribution >= 0.6 is 0 Å². The first-order valence-electron chi connectivity index (χ1n) is 5.71. The first kappa shape index (κ1) is 12.0. The van der Waals surface area contributed by atoms with E-state index < -0.39 is 11.8 Å². The molecule has 1 unspecified atom stereocenters. The molecule has 0 amide bonds. The summed E-state index contributed by atoms with van der Waals surface area (Å²) in [6, 6.07) is 4.39. The molecule has 1 atom stereocenters. The van der Waals surface area contributed by atoms with Crippen LogP contribution in [0.5, 0.6) is 0 Å². The van der Waals surface area contributed by atoms with E-state index in [4.69, 9.17) is 9.47 Å². The highest BCUT2D eigenvalue weighted by molar-refractivity contribution is 5.89. The molecule has 0 radical (unpaired) electrons. The number of halogens is 1. The topological polar surface area (TPSA) is 35.5 Å². The van der Waals surface area contributed by atoms with Gasteiger partial charge in [-0.05, 0) is 31.9 Å². The largest absolute Gasteiger partial charge is 0.459 e. The van der Waals surface area contributed by atoms with Gasteiger partial charge in [0.25, 0.3) is 0 Å². The van der Waals surface area contributed by atoms with Crippen LogP contribution in [0.2, 0.25) is 0 Å². The molecule has 0 saturated carbocycles. The van der Waals surface area contributed by atoms with Gasteiger partial charge >= 0.3 is 5.97 Å². The number of hydrogen-bond donors (Lipinski definition) is 0. The van der Waals surface area contributed by atoms with Crippen LogP contribution < -0.4 is 0 Å². The van der Waals surface area contributed by atoms with Crippen LogP contribution in [0.25, 0.3) is 0 Å². The van der Waals surface area contributed by atoms with Crippen LogP contribution in [0.4, 0.5) is 4.39 Å². The maximum Gasteiger partial charge on any atom is 0.341 e. The minimum atomic E-state index is -0.623. The lowest BCUT2D eigenvalue weighted by atomic mass is 10.1. The lowest BCUT2D eigenvalue weighted by Gasteiger charge is -2.10. The smallest absolute Gasteiger partial charge is 0.341 e. The van der Waals surface area contributed by atoms with Crippen molar-refractivity contribution in [2.24, 2.45) is 0 Å². The zero-order chi connectivity index (χ0) is 12.3. The number of carbonyl (C=O) groups is 1. The lowest BCUT2D eigenvalue weighted by molar-refractivity contribution is 0.0157. The quantitative estimate of drug-likeness (QED) is 0.759. The summed E-state index contributed by atoms with van der Waals surface area (Å²) in [5, 5.41) is 0. The number of aryl methyl sites for hydroxylation is 1. The summed E-state index contributed by atoms with van der Waals surface area (Å²) in [6.07, 6.45) is 1.84. The molecule has 1 aliphatic heterocycles. The van der Waals surface area contributed by atoms with Gasteiger partial charge in [-0.3, -0.25) is 0 Å². The van der Waals surface area contributed by atoms with Gasteiger partial charge in [0.1, 0.15) is 12.4 Å². The van der Waals surface area contributed by atoms with E-state index in [0.717, 1.165) is 18.4 Å². The highest BCUT2D eigenvalue weighted by atomic mass is 19.1. The third-order valence-electron chi connectivity index (χ3n) is 2.77. The first-order valence-corrected chi connectivity index (χ1v) is 5.71. The first-order chi connectivity index (χ1) is 8.16. The molecule has 0 aliphatic carbocycles. The molecule has 2 rings (SSSR count). The minimum absolute atomic E-state index is 0.0111. The molecule has 1 saturated heterocycles. The van der Waals surface area contributed by atoms with E-state index in [2.05, 4.69) is 0 Å². The number of rotatable bonds is 3. The van der Waals surface area contributed by atoms with Gasteiger partial charge in [-0.25, -0.2) is 9.18 Å². The van der Waals surface area contributed by atoms with Gasteiger partial charge in [0.2, 0.25) is 0 Å². The number of benzene rings is 1. The van der Waals surface area contributed by atoms with Crippen LogP contribution in [0.3, 0.4) is 0 Å². The number of hydrogen-bond acceptors (Lipinski definition) is 3. The predicted octanol–water partition coefficient (Wildman–Crippen LogP) is 2.47. The average molecular weight is 238 g/mol. The van der Waals surface area contributed by atoms with Crippen LogP contribution in [-0.4, -0.2) is 25.3 Å². The summed E-state index contributed by atoms with van der Waals surface area (Å²) in [5.41, 5.74) is 0.818. The SMILES string of the molecule is Cc1ccc(F)c(C(=O)OCC2CCCO2)c1. The van der Waals surface area contributed by atoms with Gasteiger partial charge in [-0.15, -0.1) is 0 Å². The molecule has 1 aliphatic rings. The summed E-state index contributed by atoms with van der Waals surface area (Å²) < 4.78 is 23.8. The fraction of sp³-hybridized carbons (Fsp3) is 0.462. The summed E-state index contributed by atoms with van der Waals surface area (Å²) in [7, 11) is 0. The van der Waals surface area contributed by atoms with Crippen LogP contribution in [-0.2, 0) is 9.47 Å². The molecular formula is C13H15FO3. The predicted molar refractivity (Wildman–Crippen MR) is 60.4 cm³/mol. The normalized spacial score (nSPS) is 19.3. The second-order valence-corrected chi connectivity index (χ2v) is 4.22. The standard InChI is InChI=1S/C13H15FO3/c1-9-4-5-12(14)11(7-9)13(15)17-8-10-3-2-6-16-10/h4-5,7,10H,2-3,6,8H2,1H3. The van der Waals surface area contributed by atoms with Crippen molar-refractivity contribution in [3.05, 3.63) is 35.1 Å². The van der Waals surface area contributed by atoms with E-state index in [9.17, 15) is 9.18 Å². The minimum Gasteiger partial charge on any atom is -0.459 e. The second kappa shape index (κ2) is 5.27. The molecule has 92 valence electrons. The third-order valence-corrected chi connectivity index (χ3v) is 2.77. The van der Waals surface area contributed by atoms with Crippen LogP contribution in [0.15, 0.2) is 18.2 Å². The van der Waals surface area contributed by atoms with E-state index in [0.29, 0.717) is 6.61 Å². The fourth-order valence-corrected chi connectivity index (χ4v) is 1.82. The van der Waals surface area contributed by atoms with Crippen molar-refractivity contribution in [2.75, 3.05) is 13.2 Å². The molecule has 1 aromatic carbocycles. The summed E-state index contributed by atoms with van der Waals surface area (Å²) in [5.74, 6) is -1.17. The van der Waals surface area contributed by atoms with Gasteiger partial charge < -0.3 is 9.47 Å². The summed E-state index contributed by atoms with van der Waals surface area (Å²) >= 11 is 0. The molecule has 1 fully saturated rings. The van der Waals surface area contributed by atoms with Crippen molar-refractivity contribution in [3.63, 3.8) is 0 Å². The Morgan fingerprint density at radius 2 is 2.41 bits per heavy atom. The molecule has 1 heterocycles. The molecule has 4 heteroatoms. The average Bonchev–Trinajstić information content (AvgIpc) is 2.82. The third kappa shape index (κ3) is 3.03. The summed E-state index contributed by atoms with van der Waals surface area (Å²) in [6.45, 7) is 2.71. The fourth-order valence-electron chi connectivity index (χ4n) is 1.82. The van der Waals surface area contributed by atoms with E-state index in [1.165, 1.54) is 12.1 Å². The molecule has 17 heavy (non-hydrogen) atoms. The van der Waals surface area contributed by atoms with Gasteiger partial charge in [0, 0.05) is 6.61 Å². The van der Waals surface area contributed by atoms with Crippen LogP contribution in [0, 0.1) is 12.7 Å². The Hall–Kier alpha value is -1.42. The zero-order valence-corrected chi connectivity index (χ0v) is 9.74. The number of carbonyl (C=O) groups excluding carboxylic acids is 1. The van der Waals surface area contributed by atoms with E-state index in [1.54, 1.807) is 13.0 Å². The molecule has 0 N–H and O–H groups in total. The number of ether oxygens (including phenoxy) is 2. The maximum absolute atomic E-state index is 13.4. The summed E-state index contributed by atoms with van der Waals surface area (Å²) in [4.78, 5) is 11.7. The Bertz CT molecular complexity index is 411. The van der Waals surface area contributed by atoms with Crippen molar-refractivity contribution in [1.29, 1.82) is 0 Å². The molecule has 1 aromatic rings. The zero-order valence-electron chi connectivity index (χ0n) is 9.74. The van der Waals surface area contributed by atoms with Crippen molar-refractivity contribution in [1.82, 2.24) is 0 Å². The molecular weight excluding hydrogens is 223 g/mol. The molecule has 3 nitrogen and oxygen atoms in total. The van der Waals surface area contributed by atoms with E-state index >= 15 is 0 Å². The van der Waals surface area contributed by atoms with Crippen molar-refractivity contribution in [3.8, 4) is 0 Å². The van der Waals surface area contributed by atoms with Gasteiger partial charge in [0.15, 0.2) is 0 Å². The monoisotopic (exact) mass is 238 g/mol. The highest BCUT2D eigenvalue weighted by Gasteiger charge is 2.19. The second-order valence-electron chi connectivity index (χ2n) is 4.22. The van der Waals surface area contributed by atoms with E-state index in [1.807, 2.05) is 0 Å². The Kier molecular flexibility index (Phi) is 3.74. The van der Waals surface area contributed by atoms with Crippen molar-refractivity contribution >= 4 is 5.97 Å². The molecule has 0 bridgehead atoms. The Labute approximate surface area is 99.5 Å². The highest BCUT2D eigenvalue weighted by Crippen LogP contribution is 2.15. The number of esters is 1. The Balaban J connectivity index is 1.96. The van der Waals surface area contributed by atoms with Gasteiger partial charge in [-0.2, -0.15) is 0 Å². The molecule has 0 spiro atoms. The van der Waals surface area contributed by atoms with Crippen LogP contribution in [0.1, 0.15) is 28.8 Å². The Morgan fingerprint density at radius 3 is 3.12 bits per heavy atom. The van der Waals surface area contributed by atoms with Crippen molar-refractivity contribution < 1.29 is 18.7 Å². The van der Waals surface area contributed by atoms with Gasteiger partial charge in [-0.1, -0.05) is 11.6 Å². The Morgan fingerprint density at radius 1 is 1.59 bits per heavy atom. The molecule has 0 aromatic heterocycles. The lowest BCUT2D eigenvalue weighted by Crippen LogP contribution is -2.18.